The molecule has 2 rings (SSSR count). The van der Waals surface area contributed by atoms with Crippen LogP contribution in [0.15, 0.2) is 18.2 Å². The normalized spacial score (nSPS) is 17.6. The van der Waals surface area contributed by atoms with Gasteiger partial charge in [0.1, 0.15) is 23.7 Å². The number of hydrogen-bond acceptors (Lipinski definition) is 4. The van der Waals surface area contributed by atoms with Crippen molar-refractivity contribution in [2.45, 2.75) is 45.2 Å². The van der Waals surface area contributed by atoms with Crippen LogP contribution >= 0.6 is 0 Å². The number of carboxylic acid groups (broad SMARTS) is 1. The molecule has 1 aromatic carbocycles. The Balaban J connectivity index is 1.98. The maximum Gasteiger partial charge on any atom is 0.329 e. The van der Waals surface area contributed by atoms with Crippen molar-refractivity contribution >= 4 is 29.5 Å². The topological polar surface area (TPSA) is 116 Å². The highest BCUT2D eigenvalue weighted by atomic mass is 19.1. The minimum Gasteiger partial charge on any atom is -0.480 e. The molecule has 0 radical (unpaired) electrons. The Hall–Kier alpha value is -3.04. The first-order chi connectivity index (χ1) is 13.1. The van der Waals surface area contributed by atoms with Gasteiger partial charge in [-0.05, 0) is 30.9 Å². The summed E-state index contributed by atoms with van der Waals surface area (Å²) in [6.45, 7) is 3.63. The van der Waals surface area contributed by atoms with Gasteiger partial charge in [-0.3, -0.25) is 9.59 Å². The summed E-state index contributed by atoms with van der Waals surface area (Å²) in [4.78, 5) is 48.2. The second-order valence-corrected chi connectivity index (χ2v) is 6.90. The molecular formula is C18H21F2N3O5. The maximum atomic E-state index is 13.9. The Morgan fingerprint density at radius 2 is 1.96 bits per heavy atom. The highest BCUT2D eigenvalue weighted by Gasteiger charge is 2.40. The highest BCUT2D eigenvalue weighted by molar-refractivity contribution is 6.21. The van der Waals surface area contributed by atoms with Gasteiger partial charge in [0, 0.05) is 12.5 Å². The van der Waals surface area contributed by atoms with E-state index in [1.54, 1.807) is 0 Å². The zero-order valence-electron chi connectivity index (χ0n) is 15.4. The number of rotatable bonds is 8. The molecule has 0 unspecified atom stereocenters. The predicted octanol–water partition coefficient (Wildman–Crippen LogP) is 1.79. The molecule has 1 aliphatic heterocycles. The van der Waals surface area contributed by atoms with Crippen LogP contribution in [0.3, 0.4) is 0 Å². The molecule has 0 spiro atoms. The van der Waals surface area contributed by atoms with Gasteiger partial charge in [-0.1, -0.05) is 13.8 Å². The van der Waals surface area contributed by atoms with Gasteiger partial charge in [0.05, 0.1) is 5.69 Å². The molecule has 1 aliphatic rings. The first-order valence-electron chi connectivity index (χ1n) is 8.71. The van der Waals surface area contributed by atoms with E-state index in [1.165, 1.54) is 0 Å². The lowest BCUT2D eigenvalue weighted by Gasteiger charge is -2.17. The number of imide groups is 1. The third-order valence-electron chi connectivity index (χ3n) is 4.17. The molecule has 0 saturated carbocycles. The lowest BCUT2D eigenvalue weighted by atomic mass is 10.0. The van der Waals surface area contributed by atoms with Gasteiger partial charge in [-0.2, -0.15) is 0 Å². The summed E-state index contributed by atoms with van der Waals surface area (Å²) in [5.41, 5.74) is -0.390. The molecular weight excluding hydrogens is 376 g/mol. The van der Waals surface area contributed by atoms with E-state index in [0.29, 0.717) is 11.0 Å². The maximum absolute atomic E-state index is 13.9. The van der Waals surface area contributed by atoms with Crippen molar-refractivity contribution in [2.24, 2.45) is 5.92 Å². The molecule has 8 nitrogen and oxygen atoms in total. The summed E-state index contributed by atoms with van der Waals surface area (Å²) in [6.07, 6.45) is -0.0557. The summed E-state index contributed by atoms with van der Waals surface area (Å²) < 4.78 is 26.9. The number of carbonyl (C=O) groups is 4. The van der Waals surface area contributed by atoms with E-state index in [9.17, 15) is 28.0 Å². The van der Waals surface area contributed by atoms with E-state index < -0.39 is 53.2 Å². The number of benzene rings is 1. The Morgan fingerprint density at radius 3 is 2.54 bits per heavy atom. The molecule has 152 valence electrons. The summed E-state index contributed by atoms with van der Waals surface area (Å²) in [5.74, 6) is -4.39. The monoisotopic (exact) mass is 397 g/mol. The van der Waals surface area contributed by atoms with Gasteiger partial charge < -0.3 is 15.7 Å². The number of aliphatic carboxylic acids is 1. The van der Waals surface area contributed by atoms with E-state index in [2.05, 4.69) is 10.6 Å². The molecule has 3 N–H and O–H groups in total. The van der Waals surface area contributed by atoms with Crippen LogP contribution in [-0.4, -0.2) is 41.0 Å². The summed E-state index contributed by atoms with van der Waals surface area (Å²) in [6, 6.07) is -0.565. The van der Waals surface area contributed by atoms with Crippen LogP contribution in [0.25, 0.3) is 0 Å². The predicted molar refractivity (Wildman–Crippen MR) is 94.4 cm³/mol. The Bertz CT molecular complexity index is 799. The number of urea groups is 1. The molecule has 0 aliphatic carbocycles. The summed E-state index contributed by atoms with van der Waals surface area (Å²) in [5, 5.41) is 13.9. The lowest BCUT2D eigenvalue weighted by Crippen LogP contribution is -2.42. The first kappa shape index (κ1) is 21.3. The van der Waals surface area contributed by atoms with Gasteiger partial charge >= 0.3 is 12.0 Å². The third kappa shape index (κ3) is 5.02. The smallest absolute Gasteiger partial charge is 0.329 e. The minimum atomic E-state index is -1.16. The molecule has 2 atom stereocenters. The minimum absolute atomic E-state index is 0.0521. The number of nitrogens with zero attached hydrogens (tertiary/aromatic N) is 1. The second kappa shape index (κ2) is 8.77. The van der Waals surface area contributed by atoms with Crippen molar-refractivity contribution in [2.75, 3.05) is 4.90 Å². The Kier molecular flexibility index (Phi) is 6.66. The van der Waals surface area contributed by atoms with E-state index >= 15 is 0 Å². The van der Waals surface area contributed by atoms with Crippen LogP contribution in [0.4, 0.5) is 19.3 Å². The zero-order valence-corrected chi connectivity index (χ0v) is 15.4. The van der Waals surface area contributed by atoms with Gasteiger partial charge in [0.25, 0.3) is 5.91 Å². The number of anilines is 1. The van der Waals surface area contributed by atoms with E-state index in [4.69, 9.17) is 5.11 Å². The summed E-state index contributed by atoms with van der Waals surface area (Å²) in [7, 11) is 0. The van der Waals surface area contributed by atoms with E-state index in [-0.39, 0.29) is 25.2 Å². The van der Waals surface area contributed by atoms with Crippen LogP contribution < -0.4 is 15.5 Å². The quantitative estimate of drug-likeness (QED) is 0.579. The molecule has 1 fully saturated rings. The summed E-state index contributed by atoms with van der Waals surface area (Å²) >= 11 is 0. The number of nitrogens with one attached hydrogen (secondary N) is 2. The third-order valence-corrected chi connectivity index (χ3v) is 4.17. The molecule has 1 saturated heterocycles. The number of carbonyl (C=O) groups excluding carboxylic acids is 3. The fourth-order valence-electron chi connectivity index (χ4n) is 2.85. The van der Waals surface area contributed by atoms with E-state index in [1.807, 2.05) is 13.8 Å². The Labute approximate surface area is 159 Å². The largest absolute Gasteiger partial charge is 0.480 e. The molecule has 0 aromatic heterocycles. The lowest BCUT2D eigenvalue weighted by molar-refractivity contribution is -0.142. The highest BCUT2D eigenvalue weighted by Crippen LogP contribution is 2.25. The van der Waals surface area contributed by atoms with Crippen molar-refractivity contribution in [1.29, 1.82) is 0 Å². The van der Waals surface area contributed by atoms with Gasteiger partial charge in [-0.15, -0.1) is 0 Å². The van der Waals surface area contributed by atoms with Crippen LogP contribution in [-0.2, 0) is 14.4 Å². The average molecular weight is 397 g/mol. The molecule has 4 amide bonds. The van der Waals surface area contributed by atoms with Crippen molar-refractivity contribution in [3.63, 3.8) is 0 Å². The molecule has 10 heteroatoms. The number of halogens is 2. The Morgan fingerprint density at radius 1 is 1.29 bits per heavy atom. The average Bonchev–Trinajstić information content (AvgIpc) is 2.86. The number of hydrogen-bond donors (Lipinski definition) is 3. The zero-order chi connectivity index (χ0) is 21.0. The molecule has 28 heavy (non-hydrogen) atoms. The van der Waals surface area contributed by atoms with Crippen molar-refractivity contribution in [3.8, 4) is 0 Å². The second-order valence-electron chi connectivity index (χ2n) is 6.90. The van der Waals surface area contributed by atoms with Gasteiger partial charge in [0.15, 0.2) is 0 Å². The number of amides is 4. The molecule has 0 bridgehead atoms. The van der Waals surface area contributed by atoms with Crippen molar-refractivity contribution in [1.82, 2.24) is 10.6 Å². The van der Waals surface area contributed by atoms with Crippen molar-refractivity contribution in [3.05, 3.63) is 29.8 Å². The standard InChI is InChI=1S/C18H21F2N3O5/c1-9(2)7-13(17(26)27)21-15(24)6-4-12-16(25)23(18(28)22-12)14-5-3-10(19)8-11(14)20/h3,5,8-9,12-13H,4,6-7H2,1-2H3,(H,21,24)(H,22,28)(H,26,27)/t12-,13+/m0/s1. The van der Waals surface area contributed by atoms with Gasteiger partial charge in [-0.25, -0.2) is 23.3 Å². The van der Waals surface area contributed by atoms with E-state index in [0.717, 1.165) is 12.1 Å². The fourth-order valence-corrected chi connectivity index (χ4v) is 2.85. The van der Waals surface area contributed by atoms with Crippen LogP contribution in [0.5, 0.6) is 0 Å². The SMILES string of the molecule is CC(C)C[C@@H](NC(=O)CC[C@@H]1NC(=O)N(c2ccc(F)cc2F)C1=O)C(=O)O. The molecule has 1 heterocycles. The van der Waals surface area contributed by atoms with Gasteiger partial charge in [0.2, 0.25) is 5.91 Å². The van der Waals surface area contributed by atoms with Crippen LogP contribution in [0.1, 0.15) is 33.1 Å². The van der Waals surface area contributed by atoms with Crippen LogP contribution in [0, 0.1) is 17.6 Å². The fraction of sp³-hybridized carbons (Fsp3) is 0.444. The number of carboxylic acids is 1. The molecule has 1 aromatic rings. The first-order valence-corrected chi connectivity index (χ1v) is 8.71. The van der Waals surface area contributed by atoms with Crippen LogP contribution in [0.2, 0.25) is 0 Å². The van der Waals surface area contributed by atoms with Crippen molar-refractivity contribution < 1.29 is 33.1 Å².